The minimum Gasteiger partial charge on any atom is -0.451 e. The molecule has 1 saturated heterocycles. The van der Waals surface area contributed by atoms with Crippen LogP contribution in [0.3, 0.4) is 0 Å². The Bertz CT molecular complexity index is 859. The molecule has 0 unspecified atom stereocenters. The number of likely N-dealkylation sites (tertiary alicyclic amines) is 1. The van der Waals surface area contributed by atoms with Crippen LogP contribution >= 0.6 is 11.3 Å². The Hall–Kier alpha value is -2.48. The standard InChI is InChI=1S/C16H17N3O4S/c1-8-6-9(2)18-15-12(8)13(17)14(24-15)16(22)23-7-11(21)19-5-3-4-10(19)20/h6H,3-5,7,17H2,1-2H3. The highest BCUT2D eigenvalue weighted by atomic mass is 32.1. The van der Waals surface area contributed by atoms with Crippen LogP contribution in [0.2, 0.25) is 0 Å². The molecule has 7 nitrogen and oxygen atoms in total. The molecule has 2 N–H and O–H groups in total. The van der Waals surface area contributed by atoms with Gasteiger partial charge in [-0.25, -0.2) is 9.78 Å². The fraction of sp³-hybridized carbons (Fsp3) is 0.375. The van der Waals surface area contributed by atoms with Gasteiger partial charge in [0.25, 0.3) is 5.91 Å². The number of rotatable bonds is 3. The van der Waals surface area contributed by atoms with Gasteiger partial charge in [0.1, 0.15) is 9.71 Å². The predicted molar refractivity (Wildman–Crippen MR) is 89.7 cm³/mol. The van der Waals surface area contributed by atoms with Crippen LogP contribution in [0.5, 0.6) is 0 Å². The third-order valence-electron chi connectivity index (χ3n) is 3.91. The summed E-state index contributed by atoms with van der Waals surface area (Å²) in [6.07, 6.45) is 0.999. The van der Waals surface area contributed by atoms with Gasteiger partial charge in [0.15, 0.2) is 6.61 Å². The fourth-order valence-corrected chi connectivity index (χ4v) is 3.91. The molecule has 0 atom stereocenters. The van der Waals surface area contributed by atoms with Gasteiger partial charge in [-0.1, -0.05) is 0 Å². The summed E-state index contributed by atoms with van der Waals surface area (Å²) in [7, 11) is 0. The van der Waals surface area contributed by atoms with E-state index in [1.54, 1.807) is 0 Å². The SMILES string of the molecule is Cc1cc(C)c2c(N)c(C(=O)OCC(=O)N3CCCC3=O)sc2n1. The molecule has 2 aromatic heterocycles. The Labute approximate surface area is 142 Å². The maximum absolute atomic E-state index is 12.3. The molecule has 2 aromatic rings. The number of aryl methyl sites for hydroxylation is 2. The lowest BCUT2D eigenvalue weighted by atomic mass is 10.1. The van der Waals surface area contributed by atoms with E-state index < -0.39 is 18.5 Å². The molecule has 24 heavy (non-hydrogen) atoms. The summed E-state index contributed by atoms with van der Waals surface area (Å²) in [5, 5.41) is 0.735. The summed E-state index contributed by atoms with van der Waals surface area (Å²) >= 11 is 1.14. The first-order chi connectivity index (χ1) is 11.4. The predicted octanol–water partition coefficient (Wildman–Crippen LogP) is 1.80. The van der Waals surface area contributed by atoms with Crippen molar-refractivity contribution in [3.05, 3.63) is 22.2 Å². The zero-order valence-corrected chi connectivity index (χ0v) is 14.2. The van der Waals surface area contributed by atoms with Gasteiger partial charge in [-0.3, -0.25) is 14.5 Å². The van der Waals surface area contributed by atoms with Crippen LogP contribution in [-0.2, 0) is 14.3 Å². The van der Waals surface area contributed by atoms with Gasteiger partial charge in [-0.15, -0.1) is 11.3 Å². The molecular formula is C16H17N3O4S. The van der Waals surface area contributed by atoms with E-state index in [0.717, 1.165) is 32.9 Å². The van der Waals surface area contributed by atoms with Crippen molar-refractivity contribution in [2.45, 2.75) is 26.7 Å². The topological polar surface area (TPSA) is 103 Å². The number of nitrogens with zero attached hydrogens (tertiary/aromatic N) is 2. The average Bonchev–Trinajstić information content (AvgIpc) is 3.08. The largest absolute Gasteiger partial charge is 0.451 e. The zero-order chi connectivity index (χ0) is 17.4. The van der Waals surface area contributed by atoms with E-state index in [2.05, 4.69) is 4.98 Å². The minimum atomic E-state index is -0.674. The van der Waals surface area contributed by atoms with E-state index in [1.807, 2.05) is 19.9 Å². The Morgan fingerprint density at radius 2 is 2.17 bits per heavy atom. The molecule has 126 valence electrons. The van der Waals surface area contributed by atoms with Crippen LogP contribution in [0, 0.1) is 13.8 Å². The van der Waals surface area contributed by atoms with Crippen molar-refractivity contribution in [1.29, 1.82) is 0 Å². The first kappa shape index (κ1) is 16.4. The first-order valence-electron chi connectivity index (χ1n) is 7.55. The molecule has 8 heteroatoms. The van der Waals surface area contributed by atoms with Crippen LogP contribution < -0.4 is 5.73 Å². The highest BCUT2D eigenvalue weighted by Crippen LogP contribution is 2.35. The Balaban J connectivity index is 1.77. The van der Waals surface area contributed by atoms with Gasteiger partial charge in [0.05, 0.1) is 5.69 Å². The van der Waals surface area contributed by atoms with Crippen LogP contribution in [0.1, 0.15) is 33.8 Å². The Kier molecular flexibility index (Phi) is 4.23. The molecule has 1 fully saturated rings. The van der Waals surface area contributed by atoms with Crippen molar-refractivity contribution in [3.8, 4) is 0 Å². The van der Waals surface area contributed by atoms with E-state index in [9.17, 15) is 14.4 Å². The summed E-state index contributed by atoms with van der Waals surface area (Å²) < 4.78 is 5.05. The van der Waals surface area contributed by atoms with E-state index in [-0.39, 0.29) is 10.8 Å². The van der Waals surface area contributed by atoms with E-state index in [1.165, 1.54) is 0 Å². The number of esters is 1. The maximum atomic E-state index is 12.3. The second-order valence-electron chi connectivity index (χ2n) is 5.72. The van der Waals surface area contributed by atoms with Crippen molar-refractivity contribution >= 4 is 45.0 Å². The Morgan fingerprint density at radius 3 is 2.83 bits per heavy atom. The van der Waals surface area contributed by atoms with Crippen LogP contribution in [0.15, 0.2) is 6.07 Å². The number of imide groups is 1. The number of hydrogen-bond donors (Lipinski definition) is 1. The molecule has 3 rings (SSSR count). The smallest absolute Gasteiger partial charge is 0.351 e. The molecule has 0 aromatic carbocycles. The molecule has 0 radical (unpaired) electrons. The van der Waals surface area contributed by atoms with E-state index in [4.69, 9.17) is 10.5 Å². The highest BCUT2D eigenvalue weighted by Gasteiger charge is 2.28. The number of nitrogens with two attached hydrogens (primary N) is 1. The molecule has 2 amide bonds. The molecule has 0 spiro atoms. The van der Waals surface area contributed by atoms with Crippen molar-refractivity contribution in [2.24, 2.45) is 0 Å². The number of pyridine rings is 1. The lowest BCUT2D eigenvalue weighted by molar-refractivity contribution is -0.143. The number of aromatic nitrogens is 1. The number of anilines is 1. The fourth-order valence-electron chi connectivity index (χ4n) is 2.80. The molecule has 0 bridgehead atoms. The van der Waals surface area contributed by atoms with Crippen LogP contribution in [0.25, 0.3) is 10.2 Å². The van der Waals surface area contributed by atoms with Gasteiger partial charge < -0.3 is 10.5 Å². The summed E-state index contributed by atoms with van der Waals surface area (Å²) in [4.78, 5) is 42.1. The van der Waals surface area contributed by atoms with Gasteiger partial charge in [-0.2, -0.15) is 0 Å². The highest BCUT2D eigenvalue weighted by molar-refractivity contribution is 7.21. The molecule has 0 saturated carbocycles. The third-order valence-corrected chi connectivity index (χ3v) is 4.99. The molecule has 3 heterocycles. The first-order valence-corrected chi connectivity index (χ1v) is 8.36. The van der Waals surface area contributed by atoms with Crippen molar-refractivity contribution in [3.63, 3.8) is 0 Å². The third kappa shape index (κ3) is 2.84. The number of ether oxygens (including phenoxy) is 1. The number of amides is 2. The van der Waals surface area contributed by atoms with E-state index in [0.29, 0.717) is 29.9 Å². The van der Waals surface area contributed by atoms with Gasteiger partial charge in [0, 0.05) is 24.0 Å². The van der Waals surface area contributed by atoms with Crippen molar-refractivity contribution in [1.82, 2.24) is 9.88 Å². The summed E-state index contributed by atoms with van der Waals surface area (Å²) in [6.45, 7) is 3.68. The number of nitrogen functional groups attached to an aromatic ring is 1. The second kappa shape index (κ2) is 6.20. The normalized spacial score (nSPS) is 14.4. The van der Waals surface area contributed by atoms with Crippen LogP contribution in [0.4, 0.5) is 5.69 Å². The van der Waals surface area contributed by atoms with Gasteiger partial charge in [0.2, 0.25) is 5.91 Å². The van der Waals surface area contributed by atoms with Gasteiger partial charge >= 0.3 is 5.97 Å². The number of hydrogen-bond acceptors (Lipinski definition) is 7. The lowest BCUT2D eigenvalue weighted by Crippen LogP contribution is -2.35. The monoisotopic (exact) mass is 347 g/mol. The molecule has 1 aliphatic heterocycles. The number of thiophene rings is 1. The number of fused-ring (bicyclic) bond motifs is 1. The quantitative estimate of drug-likeness (QED) is 0.849. The lowest BCUT2D eigenvalue weighted by Gasteiger charge is -2.13. The second-order valence-corrected chi connectivity index (χ2v) is 6.72. The van der Waals surface area contributed by atoms with Crippen molar-refractivity contribution < 1.29 is 19.1 Å². The number of carbonyl (C=O) groups excluding carboxylic acids is 3. The molecule has 0 aliphatic carbocycles. The van der Waals surface area contributed by atoms with Gasteiger partial charge in [-0.05, 0) is 31.9 Å². The number of carbonyl (C=O) groups is 3. The van der Waals surface area contributed by atoms with Crippen molar-refractivity contribution in [2.75, 3.05) is 18.9 Å². The summed E-state index contributed by atoms with van der Waals surface area (Å²) in [5.41, 5.74) is 8.15. The summed E-state index contributed by atoms with van der Waals surface area (Å²) in [5.74, 6) is -1.41. The Morgan fingerprint density at radius 1 is 1.42 bits per heavy atom. The summed E-state index contributed by atoms with van der Waals surface area (Å²) in [6, 6.07) is 1.89. The molecule has 1 aliphatic rings. The van der Waals surface area contributed by atoms with Crippen LogP contribution in [-0.4, -0.2) is 40.8 Å². The van der Waals surface area contributed by atoms with E-state index >= 15 is 0 Å². The zero-order valence-electron chi connectivity index (χ0n) is 13.4. The minimum absolute atomic E-state index is 0.228. The maximum Gasteiger partial charge on any atom is 0.351 e. The average molecular weight is 347 g/mol. The molecular weight excluding hydrogens is 330 g/mol.